The molecule has 1 aliphatic heterocycles. The minimum atomic E-state index is -0.677. The first kappa shape index (κ1) is 22.7. The Bertz CT molecular complexity index is 1030. The number of carbonyl (C=O) groups is 2. The van der Waals surface area contributed by atoms with E-state index in [1.807, 2.05) is 0 Å². The van der Waals surface area contributed by atoms with Crippen molar-refractivity contribution in [3.8, 4) is 0 Å². The van der Waals surface area contributed by atoms with Crippen molar-refractivity contribution < 1.29 is 22.8 Å². The Morgan fingerprint density at radius 2 is 1.42 bits per heavy atom. The van der Waals surface area contributed by atoms with Gasteiger partial charge in [0.15, 0.2) is 0 Å². The number of benzene rings is 2. The summed E-state index contributed by atoms with van der Waals surface area (Å²) in [4.78, 5) is 29.0. The molecule has 8 heteroatoms. The normalized spacial score (nSPS) is 15.5. The van der Waals surface area contributed by atoms with E-state index in [0.29, 0.717) is 31.7 Å². The molecule has 2 amide bonds. The Kier molecular flexibility index (Phi) is 6.84. The van der Waals surface area contributed by atoms with Crippen molar-refractivity contribution in [3.05, 3.63) is 95.4 Å². The third-order valence-electron chi connectivity index (χ3n) is 5.86. The van der Waals surface area contributed by atoms with E-state index in [4.69, 9.17) is 4.42 Å². The highest BCUT2D eigenvalue weighted by Crippen LogP contribution is 2.30. The van der Waals surface area contributed by atoms with Crippen LogP contribution < -0.4 is 5.32 Å². The molecule has 0 bridgehead atoms. The molecule has 4 rings (SSSR count). The average molecular weight is 453 g/mol. The summed E-state index contributed by atoms with van der Waals surface area (Å²) in [6, 6.07) is 13.2. The molecule has 0 radical (unpaired) electrons. The molecule has 0 saturated carbocycles. The van der Waals surface area contributed by atoms with E-state index in [9.17, 15) is 18.4 Å². The Labute approximate surface area is 190 Å². The van der Waals surface area contributed by atoms with Gasteiger partial charge in [0.05, 0.1) is 17.9 Å². The fraction of sp³-hybridized carbons (Fsp3) is 0.280. The predicted molar refractivity (Wildman–Crippen MR) is 118 cm³/mol. The van der Waals surface area contributed by atoms with E-state index < -0.39 is 6.04 Å². The van der Waals surface area contributed by atoms with Gasteiger partial charge in [-0.3, -0.25) is 14.5 Å². The molecule has 1 aliphatic rings. The topological polar surface area (TPSA) is 65.8 Å². The molecule has 1 fully saturated rings. The summed E-state index contributed by atoms with van der Waals surface area (Å²) in [5.74, 6) is -1.17. The van der Waals surface area contributed by atoms with Crippen molar-refractivity contribution in [2.45, 2.75) is 19.0 Å². The van der Waals surface area contributed by atoms with Gasteiger partial charge in [0, 0.05) is 26.2 Å². The van der Waals surface area contributed by atoms with E-state index >= 15 is 0 Å². The molecule has 2 heterocycles. The number of furan rings is 1. The maximum Gasteiger partial charge on any atom is 0.255 e. The Morgan fingerprint density at radius 3 is 1.91 bits per heavy atom. The lowest BCUT2D eigenvalue weighted by Crippen LogP contribution is -2.54. The summed E-state index contributed by atoms with van der Waals surface area (Å²) >= 11 is 0. The summed E-state index contributed by atoms with van der Waals surface area (Å²) in [6.45, 7) is 3.76. The van der Waals surface area contributed by atoms with Crippen LogP contribution in [0.15, 0.2) is 71.5 Å². The van der Waals surface area contributed by atoms with Gasteiger partial charge in [0.2, 0.25) is 5.91 Å². The molecule has 1 N–H and O–H groups in total. The van der Waals surface area contributed by atoms with E-state index in [2.05, 4.69) is 10.2 Å². The molecule has 1 aromatic heterocycles. The minimum absolute atomic E-state index is 0.161. The van der Waals surface area contributed by atoms with Crippen LogP contribution in [0.1, 0.15) is 34.5 Å². The summed E-state index contributed by atoms with van der Waals surface area (Å²) in [5.41, 5.74) is 2.15. The second-order valence-corrected chi connectivity index (χ2v) is 8.07. The van der Waals surface area contributed by atoms with Crippen molar-refractivity contribution in [1.29, 1.82) is 0 Å². The van der Waals surface area contributed by atoms with Crippen molar-refractivity contribution in [2.24, 2.45) is 0 Å². The monoisotopic (exact) mass is 453 g/mol. The summed E-state index contributed by atoms with van der Waals surface area (Å²) in [7, 11) is 0. The minimum Gasteiger partial charge on any atom is -0.472 e. The highest BCUT2D eigenvalue weighted by Gasteiger charge is 2.30. The van der Waals surface area contributed by atoms with Crippen molar-refractivity contribution in [1.82, 2.24) is 15.1 Å². The van der Waals surface area contributed by atoms with E-state index in [1.165, 1.54) is 42.9 Å². The number of piperazine rings is 1. The van der Waals surface area contributed by atoms with E-state index in [0.717, 1.165) is 11.1 Å². The molecule has 1 saturated heterocycles. The maximum atomic E-state index is 13.5. The highest BCUT2D eigenvalue weighted by atomic mass is 19.1. The van der Waals surface area contributed by atoms with Crippen LogP contribution in [0.5, 0.6) is 0 Å². The fourth-order valence-electron chi connectivity index (χ4n) is 4.11. The third kappa shape index (κ3) is 5.28. The van der Waals surface area contributed by atoms with Crippen LogP contribution in [0.4, 0.5) is 8.78 Å². The Balaban J connectivity index is 1.43. The maximum absolute atomic E-state index is 13.5. The molecule has 3 aromatic rings. The number of amides is 2. The lowest BCUT2D eigenvalue weighted by Gasteiger charge is -2.40. The van der Waals surface area contributed by atoms with Crippen molar-refractivity contribution in [3.63, 3.8) is 0 Å². The Hall–Kier alpha value is -3.52. The van der Waals surface area contributed by atoms with Crippen molar-refractivity contribution >= 4 is 11.8 Å². The first-order valence-corrected chi connectivity index (χ1v) is 10.8. The fourth-order valence-corrected chi connectivity index (χ4v) is 4.11. The number of nitrogens with one attached hydrogen (secondary N) is 1. The number of rotatable bonds is 6. The second-order valence-electron chi connectivity index (χ2n) is 8.07. The van der Waals surface area contributed by atoms with Gasteiger partial charge < -0.3 is 14.6 Å². The van der Waals surface area contributed by atoms with Gasteiger partial charge in [-0.15, -0.1) is 0 Å². The average Bonchev–Trinajstić information content (AvgIpc) is 3.37. The van der Waals surface area contributed by atoms with Gasteiger partial charge >= 0.3 is 0 Å². The molecule has 172 valence electrons. The highest BCUT2D eigenvalue weighted by molar-refractivity contribution is 5.97. The first-order chi connectivity index (χ1) is 15.9. The van der Waals surface area contributed by atoms with Gasteiger partial charge in [-0.2, -0.15) is 0 Å². The van der Waals surface area contributed by atoms with Crippen LogP contribution in [0.2, 0.25) is 0 Å². The van der Waals surface area contributed by atoms with E-state index in [1.54, 1.807) is 36.1 Å². The lowest BCUT2D eigenvalue weighted by molar-refractivity contribution is -0.134. The smallest absolute Gasteiger partial charge is 0.255 e. The van der Waals surface area contributed by atoms with Gasteiger partial charge in [0.1, 0.15) is 23.9 Å². The molecule has 1 unspecified atom stereocenters. The van der Waals surface area contributed by atoms with Crippen LogP contribution in [0, 0.1) is 11.6 Å². The number of hydrogen-bond acceptors (Lipinski definition) is 4. The zero-order valence-electron chi connectivity index (χ0n) is 18.2. The van der Waals surface area contributed by atoms with Gasteiger partial charge in [-0.25, -0.2) is 8.78 Å². The van der Waals surface area contributed by atoms with Crippen LogP contribution >= 0.6 is 0 Å². The number of carbonyl (C=O) groups excluding carboxylic acids is 2. The van der Waals surface area contributed by atoms with Gasteiger partial charge in [-0.05, 0) is 48.4 Å². The number of halogens is 2. The zero-order valence-corrected chi connectivity index (χ0v) is 18.2. The van der Waals surface area contributed by atoms with Gasteiger partial charge in [-0.1, -0.05) is 24.3 Å². The first-order valence-electron chi connectivity index (χ1n) is 10.8. The predicted octanol–water partition coefficient (Wildman–Crippen LogP) is 3.61. The molecule has 2 aromatic carbocycles. The lowest BCUT2D eigenvalue weighted by atomic mass is 9.96. The largest absolute Gasteiger partial charge is 0.472 e. The summed E-state index contributed by atoms with van der Waals surface area (Å²) in [5, 5.41) is 2.70. The van der Waals surface area contributed by atoms with Crippen LogP contribution in [0.25, 0.3) is 0 Å². The summed E-state index contributed by atoms with van der Waals surface area (Å²) in [6.07, 6.45) is 2.73. The SMILES string of the molecule is CC(NC(=O)c1ccoc1)C(=O)N1CCN(C(c2ccc(F)cc2)c2ccc(F)cc2)CC1. The molecule has 0 spiro atoms. The second kappa shape index (κ2) is 9.95. The van der Waals surface area contributed by atoms with E-state index in [-0.39, 0.29) is 29.5 Å². The summed E-state index contributed by atoms with van der Waals surface area (Å²) < 4.78 is 31.9. The molecular weight excluding hydrogens is 428 g/mol. The quantitative estimate of drug-likeness (QED) is 0.619. The number of hydrogen-bond donors (Lipinski definition) is 1. The molecule has 6 nitrogen and oxygen atoms in total. The molecule has 0 aliphatic carbocycles. The van der Waals surface area contributed by atoms with Crippen molar-refractivity contribution in [2.75, 3.05) is 26.2 Å². The zero-order chi connectivity index (χ0) is 23.4. The molecule has 33 heavy (non-hydrogen) atoms. The van der Waals surface area contributed by atoms with Gasteiger partial charge in [0.25, 0.3) is 5.91 Å². The molecular formula is C25H25F2N3O3. The third-order valence-corrected chi connectivity index (χ3v) is 5.86. The standard InChI is InChI=1S/C25H25F2N3O3/c1-17(28-24(31)20-10-15-33-16-20)25(32)30-13-11-29(12-14-30)23(18-2-6-21(26)7-3-18)19-4-8-22(27)9-5-19/h2-10,15-17,23H,11-14H2,1H3,(H,28,31). The van der Waals surface area contributed by atoms with Crippen LogP contribution in [-0.4, -0.2) is 53.8 Å². The van der Waals surface area contributed by atoms with Crippen LogP contribution in [-0.2, 0) is 4.79 Å². The Morgan fingerprint density at radius 1 is 0.879 bits per heavy atom. The van der Waals surface area contributed by atoms with Crippen LogP contribution in [0.3, 0.4) is 0 Å². The number of nitrogens with zero attached hydrogens (tertiary/aromatic N) is 2. The molecule has 1 atom stereocenters.